The average molecular weight is 147 g/mol. The second-order valence-corrected chi connectivity index (χ2v) is 2.30. The van der Waals surface area contributed by atoms with Crippen molar-refractivity contribution in [2.45, 2.75) is 13.8 Å². The van der Waals surface area contributed by atoms with Crippen LogP contribution in [0.2, 0.25) is 0 Å². The van der Waals surface area contributed by atoms with Crippen molar-refractivity contribution in [2.75, 3.05) is 18.1 Å². The molecule has 0 aliphatic heterocycles. The predicted molar refractivity (Wildman–Crippen MR) is 47.9 cm³/mol. The Morgan fingerprint density at radius 1 is 1.56 bits per heavy atom. The van der Waals surface area contributed by atoms with Gasteiger partial charge in [-0.3, -0.25) is 0 Å². The van der Waals surface area contributed by atoms with Gasteiger partial charge in [-0.05, 0) is 0 Å². The van der Waals surface area contributed by atoms with E-state index in [9.17, 15) is 0 Å². The molecule has 9 heavy (non-hydrogen) atoms. The smallest absolute Gasteiger partial charge is 0.0111 e. The summed E-state index contributed by atoms with van der Waals surface area (Å²) in [7, 11) is 0. The van der Waals surface area contributed by atoms with Gasteiger partial charge in [-0.15, -0.1) is 6.58 Å². The van der Waals surface area contributed by atoms with Gasteiger partial charge in [-0.2, -0.15) is 11.8 Å². The summed E-state index contributed by atoms with van der Waals surface area (Å²) in [5, 5.41) is 0. The molecule has 0 spiro atoms. The molecule has 1 nitrogen and oxygen atoms in total. The van der Waals surface area contributed by atoms with Crippen LogP contribution in [0.3, 0.4) is 0 Å². The number of rotatable bonds is 4. The molecule has 0 heterocycles. The van der Waals surface area contributed by atoms with Crippen LogP contribution in [0.25, 0.3) is 0 Å². The van der Waals surface area contributed by atoms with Gasteiger partial charge >= 0.3 is 0 Å². The Kier molecular flexibility index (Phi) is 20.6. The Balaban J connectivity index is 0. The highest BCUT2D eigenvalue weighted by atomic mass is 32.2. The van der Waals surface area contributed by atoms with Crippen molar-refractivity contribution in [3.05, 3.63) is 12.7 Å². The first-order valence-electron chi connectivity index (χ1n) is 3.30. The minimum atomic E-state index is 0.776. The van der Waals surface area contributed by atoms with Crippen LogP contribution in [-0.2, 0) is 0 Å². The molecule has 0 aromatic carbocycles. The lowest BCUT2D eigenvalue weighted by molar-refractivity contribution is 1.15. The summed E-state index contributed by atoms with van der Waals surface area (Å²) in [4.78, 5) is 0. The highest BCUT2D eigenvalue weighted by molar-refractivity contribution is 7.99. The fourth-order valence-corrected chi connectivity index (χ4v) is 0.750. The summed E-state index contributed by atoms with van der Waals surface area (Å²) in [6.45, 7) is 8.35. The maximum Gasteiger partial charge on any atom is 0.0111 e. The molecule has 0 aromatic rings. The fourth-order valence-electron chi connectivity index (χ4n) is 0.250. The first-order chi connectivity index (χ1) is 4.41. The summed E-state index contributed by atoms with van der Waals surface area (Å²) < 4.78 is 0. The van der Waals surface area contributed by atoms with Crippen molar-refractivity contribution < 1.29 is 0 Å². The Morgan fingerprint density at radius 3 is 2.44 bits per heavy atom. The zero-order valence-electron chi connectivity index (χ0n) is 6.39. The molecule has 0 saturated heterocycles. The second-order valence-electron chi connectivity index (χ2n) is 1.15. The monoisotopic (exact) mass is 147 g/mol. The molecule has 0 saturated carbocycles. The van der Waals surface area contributed by atoms with Crippen molar-refractivity contribution in [3.63, 3.8) is 0 Å². The lowest BCUT2D eigenvalue weighted by Crippen LogP contribution is -2.00. The standard InChI is InChI=1S/C5H11NS.C2H6/c1-2-4-7-5-3-6;1-2/h2H,1,3-6H2;1-2H3. The third kappa shape index (κ3) is 18.0. The molecule has 0 amide bonds. The average Bonchev–Trinajstić information content (AvgIpc) is 1.94. The van der Waals surface area contributed by atoms with Crippen LogP contribution in [0.5, 0.6) is 0 Å². The molecular weight excluding hydrogens is 130 g/mol. The molecule has 0 atom stereocenters. The normalized spacial score (nSPS) is 7.44. The van der Waals surface area contributed by atoms with Gasteiger partial charge in [-0.25, -0.2) is 0 Å². The molecule has 0 radical (unpaired) electrons. The highest BCUT2D eigenvalue weighted by Crippen LogP contribution is 1.95. The molecule has 2 heteroatoms. The van der Waals surface area contributed by atoms with Gasteiger partial charge in [-0.1, -0.05) is 19.9 Å². The van der Waals surface area contributed by atoms with Crippen molar-refractivity contribution in [1.29, 1.82) is 0 Å². The molecule has 0 bridgehead atoms. The molecule has 0 rings (SSSR count). The minimum absolute atomic E-state index is 0.776. The Labute approximate surface area is 62.7 Å². The number of thioether (sulfide) groups is 1. The van der Waals surface area contributed by atoms with Crippen LogP contribution in [-0.4, -0.2) is 18.1 Å². The van der Waals surface area contributed by atoms with Crippen molar-refractivity contribution in [3.8, 4) is 0 Å². The van der Waals surface area contributed by atoms with Gasteiger partial charge in [0.1, 0.15) is 0 Å². The molecule has 0 aliphatic carbocycles. The zero-order valence-corrected chi connectivity index (χ0v) is 7.21. The third-order valence-electron chi connectivity index (χ3n) is 0.498. The van der Waals surface area contributed by atoms with Gasteiger partial charge in [0.2, 0.25) is 0 Å². The van der Waals surface area contributed by atoms with E-state index in [2.05, 4.69) is 6.58 Å². The molecule has 0 fully saturated rings. The van der Waals surface area contributed by atoms with Crippen LogP contribution in [0, 0.1) is 0 Å². The highest BCUT2D eigenvalue weighted by Gasteiger charge is 1.77. The molecular formula is C7H17NS. The molecule has 0 aromatic heterocycles. The van der Waals surface area contributed by atoms with E-state index < -0.39 is 0 Å². The molecule has 56 valence electrons. The van der Waals surface area contributed by atoms with Gasteiger partial charge in [0.25, 0.3) is 0 Å². The molecule has 0 aliphatic rings. The first kappa shape index (κ1) is 11.8. The number of hydrogen-bond donors (Lipinski definition) is 1. The van der Waals surface area contributed by atoms with E-state index >= 15 is 0 Å². The first-order valence-corrected chi connectivity index (χ1v) is 4.46. The van der Waals surface area contributed by atoms with Crippen LogP contribution < -0.4 is 5.73 Å². The van der Waals surface area contributed by atoms with E-state index in [1.165, 1.54) is 0 Å². The summed E-state index contributed by atoms with van der Waals surface area (Å²) in [6.07, 6.45) is 1.89. The van der Waals surface area contributed by atoms with E-state index in [-0.39, 0.29) is 0 Å². The largest absolute Gasteiger partial charge is 0.330 e. The van der Waals surface area contributed by atoms with Crippen LogP contribution in [0.4, 0.5) is 0 Å². The zero-order chi connectivity index (χ0) is 7.54. The third-order valence-corrected chi connectivity index (χ3v) is 1.49. The van der Waals surface area contributed by atoms with Gasteiger partial charge in [0, 0.05) is 18.1 Å². The quantitative estimate of drug-likeness (QED) is 0.485. The van der Waals surface area contributed by atoms with Gasteiger partial charge < -0.3 is 5.73 Å². The van der Waals surface area contributed by atoms with Crippen molar-refractivity contribution in [1.82, 2.24) is 0 Å². The SMILES string of the molecule is C=CCSCCN.CC. The Hall–Kier alpha value is 0.0500. The lowest BCUT2D eigenvalue weighted by atomic mass is 10.8. The summed E-state index contributed by atoms with van der Waals surface area (Å²) >= 11 is 1.81. The maximum absolute atomic E-state index is 5.21. The lowest BCUT2D eigenvalue weighted by Gasteiger charge is -1.88. The predicted octanol–water partition coefficient (Wildman–Crippen LogP) is 1.89. The molecule has 2 N–H and O–H groups in total. The number of nitrogens with two attached hydrogens (primary N) is 1. The van der Waals surface area contributed by atoms with Crippen LogP contribution in [0.15, 0.2) is 12.7 Å². The van der Waals surface area contributed by atoms with Crippen molar-refractivity contribution in [2.24, 2.45) is 5.73 Å². The molecule has 0 unspecified atom stereocenters. The maximum atomic E-state index is 5.21. The topological polar surface area (TPSA) is 26.0 Å². The minimum Gasteiger partial charge on any atom is -0.330 e. The number of hydrogen-bond acceptors (Lipinski definition) is 2. The summed E-state index contributed by atoms with van der Waals surface area (Å²) in [5.74, 6) is 2.07. The summed E-state index contributed by atoms with van der Waals surface area (Å²) in [6, 6.07) is 0. The van der Waals surface area contributed by atoms with E-state index in [1.54, 1.807) is 0 Å². The summed E-state index contributed by atoms with van der Waals surface area (Å²) in [5.41, 5.74) is 5.21. The Bertz CT molecular complexity index is 46.2. The fraction of sp³-hybridized carbons (Fsp3) is 0.714. The van der Waals surface area contributed by atoms with E-state index in [0.29, 0.717) is 0 Å². The van der Waals surface area contributed by atoms with Crippen molar-refractivity contribution >= 4 is 11.8 Å². The van der Waals surface area contributed by atoms with Crippen LogP contribution >= 0.6 is 11.8 Å². The van der Waals surface area contributed by atoms with Crippen LogP contribution in [0.1, 0.15) is 13.8 Å². The van der Waals surface area contributed by atoms with E-state index in [1.807, 2.05) is 31.7 Å². The second kappa shape index (κ2) is 15.7. The van der Waals surface area contributed by atoms with Gasteiger partial charge in [0.05, 0.1) is 0 Å². The van der Waals surface area contributed by atoms with E-state index in [4.69, 9.17) is 5.73 Å². The Morgan fingerprint density at radius 2 is 2.11 bits per heavy atom. The van der Waals surface area contributed by atoms with Gasteiger partial charge in [0.15, 0.2) is 0 Å². The van der Waals surface area contributed by atoms with E-state index in [0.717, 1.165) is 18.1 Å².